The van der Waals surface area contributed by atoms with Crippen LogP contribution >= 0.6 is 11.8 Å². The molecule has 31 heavy (non-hydrogen) atoms. The van der Waals surface area contributed by atoms with Gasteiger partial charge in [0.2, 0.25) is 10.0 Å². The summed E-state index contributed by atoms with van der Waals surface area (Å²) >= 11 is 1.54. The van der Waals surface area contributed by atoms with E-state index in [4.69, 9.17) is 4.74 Å². The summed E-state index contributed by atoms with van der Waals surface area (Å²) in [6.07, 6.45) is 5.70. The van der Waals surface area contributed by atoms with Gasteiger partial charge in [0.1, 0.15) is 17.4 Å². The SMILES string of the molecule is CCOC(=O)[C@H](CCSC)NS(=O)(=O)c1ccc(Cn2c(C)nc3cnccc32)cc1. The molecule has 1 N–H and O–H groups in total. The summed E-state index contributed by atoms with van der Waals surface area (Å²) in [5, 5.41) is 0. The molecule has 0 bridgehead atoms. The molecular formula is C21H26N4O4S2. The minimum absolute atomic E-state index is 0.103. The van der Waals surface area contributed by atoms with E-state index < -0.39 is 22.0 Å². The molecule has 3 aromatic rings. The summed E-state index contributed by atoms with van der Waals surface area (Å²) < 4.78 is 35.2. The molecule has 8 nitrogen and oxygen atoms in total. The first-order valence-corrected chi connectivity index (χ1v) is 12.8. The van der Waals surface area contributed by atoms with E-state index in [1.807, 2.05) is 19.2 Å². The van der Waals surface area contributed by atoms with Crippen LogP contribution in [0.2, 0.25) is 0 Å². The molecule has 0 aliphatic heterocycles. The largest absolute Gasteiger partial charge is 0.465 e. The van der Waals surface area contributed by atoms with Gasteiger partial charge in [0.25, 0.3) is 0 Å². The van der Waals surface area contributed by atoms with Gasteiger partial charge in [-0.2, -0.15) is 16.5 Å². The maximum absolute atomic E-state index is 12.8. The number of esters is 1. The van der Waals surface area contributed by atoms with Crippen LogP contribution in [0.4, 0.5) is 0 Å². The van der Waals surface area contributed by atoms with Crippen molar-refractivity contribution in [3.05, 3.63) is 54.1 Å². The molecular weight excluding hydrogens is 436 g/mol. The average Bonchev–Trinajstić information content (AvgIpc) is 3.07. The van der Waals surface area contributed by atoms with E-state index >= 15 is 0 Å². The molecule has 0 spiro atoms. The molecule has 0 fully saturated rings. The van der Waals surface area contributed by atoms with E-state index in [2.05, 4.69) is 19.3 Å². The smallest absolute Gasteiger partial charge is 0.324 e. The minimum Gasteiger partial charge on any atom is -0.465 e. The zero-order valence-corrected chi connectivity index (χ0v) is 19.4. The van der Waals surface area contributed by atoms with Crippen molar-refractivity contribution < 1.29 is 17.9 Å². The Morgan fingerprint density at radius 1 is 1.26 bits per heavy atom. The van der Waals surface area contributed by atoms with Crippen LogP contribution in [0.3, 0.4) is 0 Å². The van der Waals surface area contributed by atoms with Crippen molar-refractivity contribution in [1.29, 1.82) is 0 Å². The number of carbonyl (C=O) groups is 1. The van der Waals surface area contributed by atoms with Crippen LogP contribution in [-0.2, 0) is 26.1 Å². The molecule has 0 radical (unpaired) electrons. The van der Waals surface area contributed by atoms with Gasteiger partial charge in [0.15, 0.2) is 0 Å². The van der Waals surface area contributed by atoms with Gasteiger partial charge in [0, 0.05) is 12.7 Å². The quantitative estimate of drug-likeness (QED) is 0.462. The molecule has 2 aromatic heterocycles. The van der Waals surface area contributed by atoms with Crippen molar-refractivity contribution in [1.82, 2.24) is 19.3 Å². The summed E-state index contributed by atoms with van der Waals surface area (Å²) in [6.45, 7) is 4.37. The Labute approximate surface area is 186 Å². The highest BCUT2D eigenvalue weighted by molar-refractivity contribution is 7.98. The molecule has 0 aliphatic carbocycles. The molecule has 166 valence electrons. The van der Waals surface area contributed by atoms with E-state index in [-0.39, 0.29) is 11.5 Å². The number of carbonyl (C=O) groups excluding carboxylic acids is 1. The van der Waals surface area contributed by atoms with Gasteiger partial charge >= 0.3 is 5.97 Å². The van der Waals surface area contributed by atoms with Crippen LogP contribution in [0.5, 0.6) is 0 Å². The summed E-state index contributed by atoms with van der Waals surface area (Å²) in [6, 6.07) is 7.62. The fourth-order valence-corrected chi connectivity index (χ4v) is 4.91. The van der Waals surface area contributed by atoms with Crippen LogP contribution in [0.1, 0.15) is 24.7 Å². The molecule has 0 saturated carbocycles. The number of rotatable bonds is 10. The molecule has 0 unspecified atom stereocenters. The Balaban J connectivity index is 1.77. The predicted molar refractivity (Wildman–Crippen MR) is 122 cm³/mol. The van der Waals surface area contributed by atoms with Crippen LogP contribution < -0.4 is 4.72 Å². The number of sulfonamides is 1. The number of pyridine rings is 1. The van der Waals surface area contributed by atoms with Crippen molar-refractivity contribution in [3.8, 4) is 0 Å². The number of thioether (sulfide) groups is 1. The van der Waals surface area contributed by atoms with Crippen LogP contribution in [0.25, 0.3) is 11.0 Å². The van der Waals surface area contributed by atoms with Crippen molar-refractivity contribution >= 4 is 38.8 Å². The Bertz CT molecular complexity index is 1140. The number of aryl methyl sites for hydroxylation is 1. The number of hydrogen-bond acceptors (Lipinski definition) is 7. The highest BCUT2D eigenvalue weighted by atomic mass is 32.2. The lowest BCUT2D eigenvalue weighted by atomic mass is 10.2. The highest BCUT2D eigenvalue weighted by Gasteiger charge is 2.26. The number of ether oxygens (including phenoxy) is 1. The van der Waals surface area contributed by atoms with Gasteiger partial charge in [-0.25, -0.2) is 13.4 Å². The predicted octanol–water partition coefficient (Wildman–Crippen LogP) is 2.75. The number of aromatic nitrogens is 3. The Morgan fingerprint density at radius 2 is 2.00 bits per heavy atom. The van der Waals surface area contributed by atoms with E-state index in [0.29, 0.717) is 18.7 Å². The number of fused-ring (bicyclic) bond motifs is 1. The van der Waals surface area contributed by atoms with Crippen LogP contribution in [-0.4, -0.2) is 53.6 Å². The van der Waals surface area contributed by atoms with Crippen molar-refractivity contribution in [3.63, 3.8) is 0 Å². The maximum Gasteiger partial charge on any atom is 0.324 e. The molecule has 3 rings (SSSR count). The lowest BCUT2D eigenvalue weighted by Crippen LogP contribution is -2.42. The molecule has 0 amide bonds. The topological polar surface area (TPSA) is 103 Å². The number of nitrogens with zero attached hydrogens (tertiary/aromatic N) is 3. The van der Waals surface area contributed by atoms with Crippen molar-refractivity contribution in [2.24, 2.45) is 0 Å². The summed E-state index contributed by atoms with van der Waals surface area (Å²) in [7, 11) is -3.86. The number of hydrogen-bond donors (Lipinski definition) is 1. The second-order valence-corrected chi connectivity index (χ2v) is 9.66. The Morgan fingerprint density at radius 3 is 2.68 bits per heavy atom. The normalized spacial score (nSPS) is 12.7. The lowest BCUT2D eigenvalue weighted by Gasteiger charge is -2.17. The van der Waals surface area contributed by atoms with Gasteiger partial charge in [-0.1, -0.05) is 12.1 Å². The number of imidazole rings is 1. The van der Waals surface area contributed by atoms with Crippen LogP contribution in [0, 0.1) is 6.92 Å². The molecule has 1 atom stereocenters. The van der Waals surface area contributed by atoms with E-state index in [9.17, 15) is 13.2 Å². The first-order valence-electron chi connectivity index (χ1n) is 9.89. The third-order valence-corrected chi connectivity index (χ3v) is 6.93. The second kappa shape index (κ2) is 10.3. The summed E-state index contributed by atoms with van der Waals surface area (Å²) in [5.74, 6) is 0.930. The zero-order valence-electron chi connectivity index (χ0n) is 17.7. The Kier molecular flexibility index (Phi) is 7.69. The third-order valence-electron chi connectivity index (χ3n) is 4.79. The highest BCUT2D eigenvalue weighted by Crippen LogP contribution is 2.18. The van der Waals surface area contributed by atoms with E-state index in [0.717, 1.165) is 22.4 Å². The van der Waals surface area contributed by atoms with E-state index in [1.54, 1.807) is 43.6 Å². The van der Waals surface area contributed by atoms with Gasteiger partial charge < -0.3 is 9.30 Å². The van der Waals surface area contributed by atoms with Crippen molar-refractivity contribution in [2.75, 3.05) is 18.6 Å². The van der Waals surface area contributed by atoms with Gasteiger partial charge in [-0.15, -0.1) is 0 Å². The maximum atomic E-state index is 12.8. The third kappa shape index (κ3) is 5.63. The van der Waals surface area contributed by atoms with Gasteiger partial charge in [-0.05, 0) is 56.0 Å². The monoisotopic (exact) mass is 462 g/mol. The average molecular weight is 463 g/mol. The van der Waals surface area contributed by atoms with Gasteiger partial charge in [-0.3, -0.25) is 9.78 Å². The summed E-state index contributed by atoms with van der Waals surface area (Å²) in [5.41, 5.74) is 2.72. The molecule has 10 heteroatoms. The lowest BCUT2D eigenvalue weighted by molar-refractivity contribution is -0.145. The number of benzene rings is 1. The first-order chi connectivity index (χ1) is 14.9. The molecule has 2 heterocycles. The van der Waals surface area contributed by atoms with Crippen LogP contribution in [0.15, 0.2) is 47.6 Å². The number of nitrogens with one attached hydrogen (secondary N) is 1. The van der Waals surface area contributed by atoms with Gasteiger partial charge in [0.05, 0.1) is 23.2 Å². The van der Waals surface area contributed by atoms with Crippen molar-refractivity contribution in [2.45, 2.75) is 37.8 Å². The molecule has 0 aliphatic rings. The molecule has 0 saturated heterocycles. The first kappa shape index (κ1) is 23.2. The molecule has 1 aromatic carbocycles. The fourth-order valence-electron chi connectivity index (χ4n) is 3.22. The minimum atomic E-state index is -3.86. The van der Waals surface area contributed by atoms with E-state index in [1.165, 1.54) is 11.8 Å². The zero-order chi connectivity index (χ0) is 22.4. The standard InChI is InChI=1S/C21H26N4O4S2/c1-4-29-21(26)18(10-12-30-3)24-31(27,28)17-7-5-16(6-8-17)14-25-15(2)23-19-13-22-11-9-20(19)25/h5-9,11,13,18,24H,4,10,12,14H2,1-3H3/t18-/m0/s1. The summed E-state index contributed by atoms with van der Waals surface area (Å²) in [4.78, 5) is 20.9. The Hall–Kier alpha value is -2.43. The fraction of sp³-hybridized carbons (Fsp3) is 0.381. The second-order valence-electron chi connectivity index (χ2n) is 6.96.